The van der Waals surface area contributed by atoms with Crippen molar-refractivity contribution in [3.05, 3.63) is 47.7 Å². The number of anilines is 3. The summed E-state index contributed by atoms with van der Waals surface area (Å²) in [6, 6.07) is 11.0. The molecule has 1 N–H and O–H groups in total. The lowest BCUT2D eigenvalue weighted by Gasteiger charge is -2.32. The summed E-state index contributed by atoms with van der Waals surface area (Å²) in [7, 11) is 1.35. The molecule has 1 aromatic carbocycles. The van der Waals surface area contributed by atoms with E-state index in [1.807, 2.05) is 12.1 Å². The number of hydrogen-bond acceptors (Lipinski definition) is 7. The van der Waals surface area contributed by atoms with Crippen molar-refractivity contribution in [2.75, 3.05) is 48.4 Å². The normalized spacial score (nSPS) is 16.5. The van der Waals surface area contributed by atoms with Gasteiger partial charge >= 0.3 is 5.97 Å². The molecule has 8 nitrogen and oxygen atoms in total. The second-order valence-electron chi connectivity index (χ2n) is 8.19. The zero-order valence-corrected chi connectivity index (χ0v) is 18.2. The molecule has 0 atom stereocenters. The molecule has 2 saturated heterocycles. The van der Waals surface area contributed by atoms with Gasteiger partial charge in [-0.15, -0.1) is 0 Å². The van der Waals surface area contributed by atoms with Crippen LogP contribution < -0.4 is 15.1 Å². The highest BCUT2D eigenvalue weighted by atomic mass is 16.5. The Morgan fingerprint density at radius 3 is 2.47 bits per heavy atom. The Bertz CT molecular complexity index is 1020. The van der Waals surface area contributed by atoms with Crippen LogP contribution >= 0.6 is 0 Å². The van der Waals surface area contributed by atoms with Crippen molar-refractivity contribution >= 4 is 29.1 Å². The maximum absolute atomic E-state index is 13.1. The van der Waals surface area contributed by atoms with E-state index in [2.05, 4.69) is 26.2 Å². The van der Waals surface area contributed by atoms with Crippen LogP contribution in [0, 0.1) is 17.2 Å². The topological polar surface area (TPSA) is 98.6 Å². The summed E-state index contributed by atoms with van der Waals surface area (Å²) in [6.07, 6.45) is 5.23. The van der Waals surface area contributed by atoms with Gasteiger partial charge in [-0.2, -0.15) is 5.26 Å². The van der Waals surface area contributed by atoms with Gasteiger partial charge in [0, 0.05) is 38.3 Å². The molecule has 0 aliphatic carbocycles. The smallest absolute Gasteiger partial charge is 0.337 e. The molecule has 1 aromatic heterocycles. The molecular formula is C24H27N5O3. The van der Waals surface area contributed by atoms with E-state index in [-0.39, 0.29) is 11.8 Å². The average Bonchev–Trinajstić information content (AvgIpc) is 3.38. The Morgan fingerprint density at radius 1 is 1.09 bits per heavy atom. The summed E-state index contributed by atoms with van der Waals surface area (Å²) in [6.45, 7) is 3.32. The second-order valence-corrected chi connectivity index (χ2v) is 8.19. The standard InChI is InChI=1S/C24H27N5O3/c1-32-24(31)19-5-6-21(28-10-2-3-11-28)20(14-19)27-23(30)18-8-12-29(13-9-18)22-7-4-17(15-25)16-26-22/h4-7,14,16,18H,2-3,8-13H2,1H3,(H,27,30). The maximum atomic E-state index is 13.1. The van der Waals surface area contributed by atoms with E-state index in [0.29, 0.717) is 29.7 Å². The lowest BCUT2D eigenvalue weighted by atomic mass is 9.95. The first-order valence-corrected chi connectivity index (χ1v) is 11.0. The summed E-state index contributed by atoms with van der Waals surface area (Å²) in [5.41, 5.74) is 2.57. The van der Waals surface area contributed by atoms with Crippen LogP contribution in [-0.2, 0) is 9.53 Å². The minimum Gasteiger partial charge on any atom is -0.465 e. The van der Waals surface area contributed by atoms with Gasteiger partial charge in [0.1, 0.15) is 11.9 Å². The molecule has 0 spiro atoms. The Labute approximate surface area is 187 Å². The molecule has 3 heterocycles. The maximum Gasteiger partial charge on any atom is 0.337 e. The van der Waals surface area contributed by atoms with Gasteiger partial charge in [-0.3, -0.25) is 4.79 Å². The van der Waals surface area contributed by atoms with Crippen molar-refractivity contribution in [1.82, 2.24) is 4.98 Å². The molecule has 4 rings (SSSR count). The van der Waals surface area contributed by atoms with Gasteiger partial charge in [0.2, 0.25) is 5.91 Å². The number of hydrogen-bond donors (Lipinski definition) is 1. The fourth-order valence-corrected chi connectivity index (χ4v) is 4.36. The molecule has 166 valence electrons. The van der Waals surface area contributed by atoms with Crippen LogP contribution in [0.25, 0.3) is 0 Å². The van der Waals surface area contributed by atoms with Crippen LogP contribution in [0.15, 0.2) is 36.5 Å². The van der Waals surface area contributed by atoms with Crippen molar-refractivity contribution < 1.29 is 14.3 Å². The molecule has 2 aliphatic rings. The molecule has 2 fully saturated rings. The lowest BCUT2D eigenvalue weighted by Crippen LogP contribution is -2.38. The quantitative estimate of drug-likeness (QED) is 0.723. The highest BCUT2D eigenvalue weighted by molar-refractivity contribution is 5.99. The van der Waals surface area contributed by atoms with Crippen LogP contribution in [0.1, 0.15) is 41.6 Å². The van der Waals surface area contributed by atoms with Crippen LogP contribution in [0.4, 0.5) is 17.2 Å². The van der Waals surface area contributed by atoms with E-state index in [1.165, 1.54) is 7.11 Å². The number of piperidine rings is 1. The van der Waals surface area contributed by atoms with Crippen molar-refractivity contribution in [3.63, 3.8) is 0 Å². The second kappa shape index (κ2) is 9.69. The zero-order chi connectivity index (χ0) is 22.5. The summed E-state index contributed by atoms with van der Waals surface area (Å²) in [5, 5.41) is 12.0. The van der Waals surface area contributed by atoms with Crippen LogP contribution in [0.3, 0.4) is 0 Å². The number of esters is 1. The van der Waals surface area contributed by atoms with Crippen molar-refractivity contribution in [1.29, 1.82) is 5.26 Å². The Morgan fingerprint density at radius 2 is 1.84 bits per heavy atom. The molecule has 8 heteroatoms. The predicted octanol–water partition coefficient (Wildman–Crippen LogP) is 3.20. The summed E-state index contributed by atoms with van der Waals surface area (Å²) < 4.78 is 4.85. The van der Waals surface area contributed by atoms with E-state index >= 15 is 0 Å². The van der Waals surface area contributed by atoms with E-state index in [9.17, 15) is 9.59 Å². The average molecular weight is 434 g/mol. The number of aromatic nitrogens is 1. The number of carbonyl (C=O) groups excluding carboxylic acids is 2. The fraction of sp³-hybridized carbons (Fsp3) is 0.417. The number of nitrogens with one attached hydrogen (secondary N) is 1. The zero-order valence-electron chi connectivity index (χ0n) is 18.2. The van der Waals surface area contributed by atoms with Crippen molar-refractivity contribution in [3.8, 4) is 6.07 Å². The third kappa shape index (κ3) is 4.67. The van der Waals surface area contributed by atoms with E-state index in [1.54, 1.807) is 24.4 Å². The van der Waals surface area contributed by atoms with Gasteiger partial charge in [0.25, 0.3) is 0 Å². The number of nitrogens with zero attached hydrogens (tertiary/aromatic N) is 4. The molecule has 32 heavy (non-hydrogen) atoms. The Kier molecular flexibility index (Phi) is 6.55. The largest absolute Gasteiger partial charge is 0.465 e. The molecular weight excluding hydrogens is 406 g/mol. The molecule has 1 amide bonds. The van der Waals surface area contributed by atoms with Crippen LogP contribution in [-0.4, -0.2) is 50.1 Å². The van der Waals surface area contributed by atoms with Gasteiger partial charge in [-0.05, 0) is 56.0 Å². The first-order valence-electron chi connectivity index (χ1n) is 11.0. The van der Waals surface area contributed by atoms with Gasteiger partial charge in [0.15, 0.2) is 0 Å². The number of amides is 1. The Hall–Kier alpha value is -3.60. The SMILES string of the molecule is COC(=O)c1ccc(N2CCCC2)c(NC(=O)C2CCN(c3ccc(C#N)cn3)CC2)c1. The van der Waals surface area contributed by atoms with Gasteiger partial charge in [0.05, 0.1) is 29.6 Å². The van der Waals surface area contributed by atoms with Crippen LogP contribution in [0.2, 0.25) is 0 Å². The number of nitriles is 1. The predicted molar refractivity (Wildman–Crippen MR) is 122 cm³/mol. The third-order valence-electron chi connectivity index (χ3n) is 6.19. The highest BCUT2D eigenvalue weighted by Crippen LogP contribution is 2.32. The molecule has 0 saturated carbocycles. The minimum absolute atomic E-state index is 0.0279. The lowest BCUT2D eigenvalue weighted by molar-refractivity contribution is -0.120. The number of benzene rings is 1. The number of rotatable bonds is 5. The van der Waals surface area contributed by atoms with E-state index in [4.69, 9.17) is 10.00 Å². The summed E-state index contributed by atoms with van der Waals surface area (Å²) in [5.74, 6) is 0.263. The van der Waals surface area contributed by atoms with Crippen molar-refractivity contribution in [2.45, 2.75) is 25.7 Å². The number of methoxy groups -OCH3 is 1. The molecule has 2 aromatic rings. The fourth-order valence-electron chi connectivity index (χ4n) is 4.36. The number of pyridine rings is 1. The summed E-state index contributed by atoms with van der Waals surface area (Å²) in [4.78, 5) is 33.9. The monoisotopic (exact) mass is 433 g/mol. The Balaban J connectivity index is 1.44. The first-order chi connectivity index (χ1) is 15.6. The van der Waals surface area contributed by atoms with Gasteiger partial charge < -0.3 is 19.9 Å². The molecule has 0 radical (unpaired) electrons. The van der Waals surface area contributed by atoms with E-state index < -0.39 is 5.97 Å². The first kappa shape index (κ1) is 21.6. The van der Waals surface area contributed by atoms with Crippen LogP contribution in [0.5, 0.6) is 0 Å². The molecule has 2 aliphatic heterocycles. The van der Waals surface area contributed by atoms with Crippen molar-refractivity contribution in [2.24, 2.45) is 5.92 Å². The molecule has 0 bridgehead atoms. The minimum atomic E-state index is -0.420. The molecule has 0 unspecified atom stereocenters. The van der Waals surface area contributed by atoms with E-state index in [0.717, 1.165) is 50.5 Å². The number of carbonyl (C=O) groups is 2. The van der Waals surface area contributed by atoms with Gasteiger partial charge in [-0.25, -0.2) is 9.78 Å². The summed E-state index contributed by atoms with van der Waals surface area (Å²) >= 11 is 0. The third-order valence-corrected chi connectivity index (χ3v) is 6.19. The van der Waals surface area contributed by atoms with Gasteiger partial charge in [-0.1, -0.05) is 0 Å². The number of ether oxygens (including phenoxy) is 1. The highest BCUT2D eigenvalue weighted by Gasteiger charge is 2.27.